The lowest BCUT2D eigenvalue weighted by Crippen LogP contribution is -2.48. The Labute approximate surface area is 165 Å². The fourth-order valence-electron chi connectivity index (χ4n) is 2.93. The Morgan fingerprint density at radius 1 is 1.11 bits per heavy atom. The third-order valence-corrected chi connectivity index (χ3v) is 6.42. The minimum Gasteiger partial charge on any atom is -0.350 e. The zero-order chi connectivity index (χ0) is 18.5. The van der Waals surface area contributed by atoms with Gasteiger partial charge >= 0.3 is 0 Å². The summed E-state index contributed by atoms with van der Waals surface area (Å²) in [5.74, 6) is 0.740. The molecule has 1 aliphatic rings. The molecule has 0 spiro atoms. The summed E-state index contributed by atoms with van der Waals surface area (Å²) in [7, 11) is 0. The average Bonchev–Trinajstić information content (AvgIpc) is 3.41. The largest absolute Gasteiger partial charge is 0.350 e. The molecule has 1 fully saturated rings. The van der Waals surface area contributed by atoms with Crippen LogP contribution in [0.25, 0.3) is 9.88 Å². The first-order chi connectivity index (χ1) is 13.3. The van der Waals surface area contributed by atoms with E-state index in [0.717, 1.165) is 48.6 Å². The van der Waals surface area contributed by atoms with Gasteiger partial charge in [0.05, 0.1) is 11.1 Å². The van der Waals surface area contributed by atoms with Crippen molar-refractivity contribution in [3.05, 3.63) is 47.0 Å². The fourth-order valence-corrected chi connectivity index (χ4v) is 4.57. The van der Waals surface area contributed by atoms with Crippen molar-refractivity contribution >= 4 is 34.5 Å². The van der Waals surface area contributed by atoms with Crippen molar-refractivity contribution in [1.29, 1.82) is 0 Å². The Bertz CT molecular complexity index is 859. The molecule has 0 radical (unpaired) electrons. The van der Waals surface area contributed by atoms with Crippen molar-refractivity contribution in [2.45, 2.75) is 0 Å². The van der Waals surface area contributed by atoms with E-state index >= 15 is 0 Å². The number of aromatic nitrogens is 3. The number of nitrogens with one attached hydrogen (secondary N) is 1. The predicted octanol–water partition coefficient (Wildman–Crippen LogP) is 2.21. The van der Waals surface area contributed by atoms with Gasteiger partial charge in [-0.15, -0.1) is 22.7 Å². The van der Waals surface area contributed by atoms with Gasteiger partial charge in [-0.05, 0) is 17.5 Å². The molecule has 1 amide bonds. The van der Waals surface area contributed by atoms with Gasteiger partial charge < -0.3 is 10.2 Å². The maximum absolute atomic E-state index is 12.3. The number of thiophene rings is 1. The molecule has 0 bridgehead atoms. The topological polar surface area (TPSA) is 74.2 Å². The van der Waals surface area contributed by atoms with Gasteiger partial charge in [0.2, 0.25) is 5.95 Å². The maximum Gasteiger partial charge on any atom is 0.263 e. The lowest BCUT2D eigenvalue weighted by molar-refractivity contribution is 0.0951. The van der Waals surface area contributed by atoms with Crippen LogP contribution in [0.4, 0.5) is 5.95 Å². The number of rotatable bonds is 6. The summed E-state index contributed by atoms with van der Waals surface area (Å²) >= 11 is 3.07. The van der Waals surface area contributed by atoms with Crippen LogP contribution in [-0.2, 0) is 0 Å². The normalized spacial score (nSPS) is 15.0. The second-order valence-corrected chi connectivity index (χ2v) is 8.12. The highest BCUT2D eigenvalue weighted by atomic mass is 32.1. The number of thiazole rings is 1. The van der Waals surface area contributed by atoms with Crippen LogP contribution in [0, 0.1) is 0 Å². The van der Waals surface area contributed by atoms with Gasteiger partial charge in [-0.25, -0.2) is 15.0 Å². The zero-order valence-corrected chi connectivity index (χ0v) is 16.4. The number of piperazine rings is 1. The van der Waals surface area contributed by atoms with E-state index in [1.165, 1.54) is 11.3 Å². The standard InChI is InChI=1S/C18H20N6OS2/c25-16(15-13-22-17(27-15)14-3-1-12-26-14)19-6-7-23-8-10-24(11-9-23)18-20-4-2-5-21-18/h1-5,12-13H,6-11H2,(H,19,25). The van der Waals surface area contributed by atoms with Crippen LogP contribution in [0.2, 0.25) is 0 Å². The van der Waals surface area contributed by atoms with Crippen molar-refractivity contribution in [3.8, 4) is 9.88 Å². The first-order valence-corrected chi connectivity index (χ1v) is 10.5. The Morgan fingerprint density at radius 3 is 2.67 bits per heavy atom. The average molecular weight is 401 g/mol. The lowest BCUT2D eigenvalue weighted by Gasteiger charge is -2.34. The third kappa shape index (κ3) is 4.49. The molecule has 1 N–H and O–H groups in total. The number of hydrogen-bond donors (Lipinski definition) is 1. The van der Waals surface area contributed by atoms with Gasteiger partial charge in [0.15, 0.2) is 0 Å². The molecule has 0 unspecified atom stereocenters. The SMILES string of the molecule is O=C(NCCN1CCN(c2ncccn2)CC1)c1cnc(-c2cccs2)s1. The number of amides is 1. The highest BCUT2D eigenvalue weighted by molar-refractivity contribution is 7.21. The molecule has 4 heterocycles. The predicted molar refractivity (Wildman–Crippen MR) is 108 cm³/mol. The van der Waals surface area contributed by atoms with Crippen LogP contribution >= 0.6 is 22.7 Å². The number of carbonyl (C=O) groups is 1. The Kier molecular flexibility index (Phi) is 5.71. The molecule has 0 aromatic carbocycles. The maximum atomic E-state index is 12.3. The van der Waals surface area contributed by atoms with E-state index in [9.17, 15) is 4.79 Å². The summed E-state index contributed by atoms with van der Waals surface area (Å²) in [5.41, 5.74) is 0. The second kappa shape index (κ2) is 8.55. The molecule has 1 aliphatic heterocycles. The molecule has 9 heteroatoms. The molecule has 3 aromatic heterocycles. The minimum absolute atomic E-state index is 0.0494. The van der Waals surface area contributed by atoms with E-state index in [2.05, 4.69) is 30.1 Å². The van der Waals surface area contributed by atoms with Crippen LogP contribution in [0.15, 0.2) is 42.2 Å². The van der Waals surface area contributed by atoms with Gasteiger partial charge in [-0.3, -0.25) is 9.69 Å². The summed E-state index contributed by atoms with van der Waals surface area (Å²) in [5, 5.41) is 5.91. The van der Waals surface area contributed by atoms with Gasteiger partial charge in [-0.1, -0.05) is 6.07 Å². The van der Waals surface area contributed by atoms with E-state index in [1.807, 2.05) is 23.6 Å². The van der Waals surface area contributed by atoms with Crippen LogP contribution < -0.4 is 10.2 Å². The zero-order valence-electron chi connectivity index (χ0n) is 14.7. The molecule has 27 heavy (non-hydrogen) atoms. The number of carbonyl (C=O) groups excluding carboxylic acids is 1. The molecule has 0 saturated carbocycles. The van der Waals surface area contributed by atoms with E-state index in [4.69, 9.17) is 0 Å². The monoisotopic (exact) mass is 400 g/mol. The molecule has 0 atom stereocenters. The first kappa shape index (κ1) is 18.0. The molecular formula is C18H20N6OS2. The minimum atomic E-state index is -0.0494. The second-order valence-electron chi connectivity index (χ2n) is 6.14. The summed E-state index contributed by atoms with van der Waals surface area (Å²) in [6.45, 7) is 5.15. The molecular weight excluding hydrogens is 380 g/mol. The van der Waals surface area contributed by atoms with Crippen molar-refractivity contribution in [1.82, 2.24) is 25.2 Å². The number of hydrogen-bond acceptors (Lipinski definition) is 8. The van der Waals surface area contributed by atoms with Gasteiger partial charge in [-0.2, -0.15) is 0 Å². The number of nitrogens with zero attached hydrogens (tertiary/aromatic N) is 5. The smallest absolute Gasteiger partial charge is 0.263 e. The molecule has 0 aliphatic carbocycles. The van der Waals surface area contributed by atoms with Crippen molar-refractivity contribution in [3.63, 3.8) is 0 Å². The van der Waals surface area contributed by atoms with Crippen molar-refractivity contribution in [2.24, 2.45) is 0 Å². The Morgan fingerprint density at radius 2 is 1.93 bits per heavy atom. The Balaban J connectivity index is 1.21. The molecule has 1 saturated heterocycles. The first-order valence-electron chi connectivity index (χ1n) is 8.82. The summed E-state index contributed by atoms with van der Waals surface area (Å²) < 4.78 is 0. The van der Waals surface area contributed by atoms with Crippen LogP contribution in [0.1, 0.15) is 9.67 Å². The van der Waals surface area contributed by atoms with E-state index in [-0.39, 0.29) is 5.91 Å². The third-order valence-electron chi connectivity index (χ3n) is 4.38. The fraction of sp³-hybridized carbons (Fsp3) is 0.333. The van der Waals surface area contributed by atoms with Gasteiger partial charge in [0.25, 0.3) is 5.91 Å². The van der Waals surface area contributed by atoms with Gasteiger partial charge in [0, 0.05) is 51.7 Å². The molecule has 3 aromatic rings. The van der Waals surface area contributed by atoms with Crippen molar-refractivity contribution in [2.75, 3.05) is 44.2 Å². The van der Waals surface area contributed by atoms with E-state index in [1.54, 1.807) is 29.9 Å². The van der Waals surface area contributed by atoms with Crippen LogP contribution in [-0.4, -0.2) is 65.0 Å². The highest BCUT2D eigenvalue weighted by Gasteiger charge is 2.19. The van der Waals surface area contributed by atoms with E-state index < -0.39 is 0 Å². The Hall–Kier alpha value is -2.36. The molecule has 7 nitrogen and oxygen atoms in total. The molecule has 4 rings (SSSR count). The molecule has 140 valence electrons. The highest BCUT2D eigenvalue weighted by Crippen LogP contribution is 2.28. The lowest BCUT2D eigenvalue weighted by atomic mass is 10.3. The van der Waals surface area contributed by atoms with Crippen molar-refractivity contribution < 1.29 is 4.79 Å². The summed E-state index contributed by atoms with van der Waals surface area (Å²) in [6, 6.07) is 5.84. The summed E-state index contributed by atoms with van der Waals surface area (Å²) in [6.07, 6.45) is 5.20. The van der Waals surface area contributed by atoms with Crippen LogP contribution in [0.3, 0.4) is 0 Å². The van der Waals surface area contributed by atoms with Gasteiger partial charge in [0.1, 0.15) is 9.88 Å². The van der Waals surface area contributed by atoms with E-state index in [0.29, 0.717) is 11.4 Å². The number of anilines is 1. The van der Waals surface area contributed by atoms with Crippen LogP contribution in [0.5, 0.6) is 0 Å². The quantitative estimate of drug-likeness (QED) is 0.684. The summed E-state index contributed by atoms with van der Waals surface area (Å²) in [4.78, 5) is 31.6.